The number of hydrogen-bond donors (Lipinski definition) is 1. The van der Waals surface area contributed by atoms with Crippen molar-refractivity contribution in [3.05, 3.63) is 40.1 Å². The normalized spacial score (nSPS) is 20.3. The summed E-state index contributed by atoms with van der Waals surface area (Å²) >= 11 is 0. The molecule has 1 fully saturated rings. The fraction of sp³-hybridized carbons (Fsp3) is 0.458. The van der Waals surface area contributed by atoms with E-state index in [0.717, 1.165) is 0 Å². The monoisotopic (exact) mass is 490 g/mol. The molecule has 2 atom stereocenters. The number of nitrogens with two attached hydrogens (primary N) is 1. The van der Waals surface area contributed by atoms with Crippen LogP contribution in [0.3, 0.4) is 0 Å². The quantitative estimate of drug-likeness (QED) is 0.398. The molecule has 186 valence electrons. The predicted octanol–water partition coefficient (Wildman–Crippen LogP) is 3.27. The largest absolute Gasteiger partial charge is 0.467 e. The van der Waals surface area contributed by atoms with Crippen LogP contribution in [0.25, 0.3) is 0 Å². The molecule has 2 aliphatic heterocycles. The van der Waals surface area contributed by atoms with E-state index in [4.69, 9.17) is 19.9 Å². The Labute approximate surface area is 200 Å². The van der Waals surface area contributed by atoms with Gasteiger partial charge in [0.2, 0.25) is 0 Å². The van der Waals surface area contributed by atoms with Crippen molar-refractivity contribution < 1.29 is 32.2 Å². The van der Waals surface area contributed by atoms with Gasteiger partial charge in [0.15, 0.2) is 0 Å². The van der Waals surface area contributed by atoms with Gasteiger partial charge >= 0.3 is 18.2 Å². The van der Waals surface area contributed by atoms with Gasteiger partial charge in [-0.3, -0.25) is 4.79 Å². The Bertz CT molecular complexity index is 1210. The van der Waals surface area contributed by atoms with Gasteiger partial charge in [-0.2, -0.15) is 23.1 Å². The Morgan fingerprint density at radius 1 is 1.29 bits per heavy atom. The summed E-state index contributed by atoms with van der Waals surface area (Å²) < 4.78 is 58.7. The summed E-state index contributed by atoms with van der Waals surface area (Å²) in [6, 6.07) is 2.53. The number of esters is 1. The molecule has 2 N–H and O–H groups in total. The highest BCUT2D eigenvalue weighted by Crippen LogP contribution is 2.43. The number of nitrogens with zero attached hydrogens (tertiary/aromatic N) is 3. The van der Waals surface area contributed by atoms with E-state index in [1.807, 2.05) is 6.92 Å². The number of halogens is 3. The lowest BCUT2D eigenvalue weighted by atomic mass is 9.91. The van der Waals surface area contributed by atoms with E-state index in [9.17, 15) is 18.0 Å². The number of benzene rings is 1. The second-order valence-corrected chi connectivity index (χ2v) is 8.54. The van der Waals surface area contributed by atoms with Crippen LogP contribution in [0.4, 0.5) is 24.7 Å². The Kier molecular flexibility index (Phi) is 6.76. The molecule has 1 aromatic heterocycles. The molecule has 35 heavy (non-hydrogen) atoms. The van der Waals surface area contributed by atoms with Crippen LogP contribution in [0.15, 0.2) is 12.1 Å². The van der Waals surface area contributed by atoms with Crippen LogP contribution in [0.2, 0.25) is 0 Å². The van der Waals surface area contributed by atoms with Gasteiger partial charge in [0.25, 0.3) is 0 Å². The van der Waals surface area contributed by atoms with Crippen LogP contribution in [-0.2, 0) is 33.5 Å². The number of carbonyl (C=O) groups excluding carboxylic acids is 1. The summed E-state index contributed by atoms with van der Waals surface area (Å²) in [5.41, 5.74) is 5.96. The van der Waals surface area contributed by atoms with Gasteiger partial charge < -0.3 is 24.8 Å². The average molecular weight is 490 g/mol. The van der Waals surface area contributed by atoms with E-state index >= 15 is 0 Å². The summed E-state index contributed by atoms with van der Waals surface area (Å²) in [4.78, 5) is 22.7. The van der Waals surface area contributed by atoms with Crippen LogP contribution in [-0.4, -0.2) is 42.7 Å². The number of methoxy groups -OCH3 is 1. The van der Waals surface area contributed by atoms with E-state index in [1.165, 1.54) is 26.2 Å². The van der Waals surface area contributed by atoms with Crippen molar-refractivity contribution >= 4 is 17.5 Å². The molecule has 0 saturated carbocycles. The van der Waals surface area contributed by atoms with E-state index in [2.05, 4.69) is 21.8 Å². The molecule has 4 rings (SSSR count). The topological polar surface area (TPSA) is 99.8 Å². The number of cyclic esters (lactones) is 1. The van der Waals surface area contributed by atoms with Crippen LogP contribution >= 0.6 is 0 Å². The highest BCUT2D eigenvalue weighted by molar-refractivity contribution is 5.76. The molecule has 0 radical (unpaired) electrons. The Hall–Kier alpha value is -3.52. The van der Waals surface area contributed by atoms with E-state index in [1.54, 1.807) is 4.90 Å². The lowest BCUT2D eigenvalue weighted by Gasteiger charge is -2.31. The van der Waals surface area contributed by atoms with Crippen molar-refractivity contribution in [3.63, 3.8) is 0 Å². The first kappa shape index (κ1) is 24.6. The lowest BCUT2D eigenvalue weighted by Crippen LogP contribution is -2.34. The van der Waals surface area contributed by atoms with Crippen LogP contribution in [0.1, 0.15) is 47.9 Å². The second kappa shape index (κ2) is 9.62. The third kappa shape index (κ3) is 5.12. The van der Waals surface area contributed by atoms with E-state index < -0.39 is 23.8 Å². The van der Waals surface area contributed by atoms with Gasteiger partial charge in [0.05, 0.1) is 37.7 Å². The molecule has 0 aliphatic carbocycles. The standard InChI is InChI=1S/C24H25F3N4O4/c1-4-5-14-6-15(28)7-16(21(14)24(25,26)27)19-8-18-17(12-34-19)22(30-23(29-18)33-3)31-9-13(2)11-35-20(32)10-31/h6-7,13,19H,8-12,28H2,1-3H3. The number of carbonyl (C=O) groups is 1. The molecule has 0 spiro atoms. The van der Waals surface area contributed by atoms with Crippen molar-refractivity contribution in [2.75, 3.05) is 37.4 Å². The molecule has 3 heterocycles. The zero-order chi connectivity index (χ0) is 25.3. The molecule has 2 unspecified atom stereocenters. The Morgan fingerprint density at radius 2 is 2.06 bits per heavy atom. The number of alkyl halides is 3. The minimum atomic E-state index is -4.66. The highest BCUT2D eigenvalue weighted by Gasteiger charge is 2.40. The molecule has 1 saturated heterocycles. The zero-order valence-electron chi connectivity index (χ0n) is 19.5. The van der Waals surface area contributed by atoms with Gasteiger partial charge in [-0.15, -0.1) is 5.92 Å². The molecule has 8 nitrogen and oxygen atoms in total. The van der Waals surface area contributed by atoms with Crippen molar-refractivity contribution in [1.82, 2.24) is 9.97 Å². The van der Waals surface area contributed by atoms with Crippen LogP contribution in [0, 0.1) is 17.8 Å². The van der Waals surface area contributed by atoms with Crippen molar-refractivity contribution in [2.45, 2.75) is 39.2 Å². The Balaban J connectivity index is 1.78. The fourth-order valence-electron chi connectivity index (χ4n) is 4.37. The first-order valence-electron chi connectivity index (χ1n) is 11.0. The van der Waals surface area contributed by atoms with E-state index in [-0.39, 0.29) is 54.9 Å². The van der Waals surface area contributed by atoms with Crippen molar-refractivity contribution in [3.8, 4) is 17.9 Å². The van der Waals surface area contributed by atoms with Gasteiger partial charge in [-0.1, -0.05) is 12.8 Å². The third-order valence-electron chi connectivity index (χ3n) is 5.80. The fourth-order valence-corrected chi connectivity index (χ4v) is 4.37. The van der Waals surface area contributed by atoms with E-state index in [0.29, 0.717) is 23.6 Å². The summed E-state index contributed by atoms with van der Waals surface area (Å²) in [5, 5.41) is 0. The van der Waals surface area contributed by atoms with Crippen LogP contribution in [0.5, 0.6) is 6.01 Å². The maximum absolute atomic E-state index is 14.1. The summed E-state index contributed by atoms with van der Waals surface area (Å²) in [6.45, 7) is 4.11. The lowest BCUT2D eigenvalue weighted by molar-refractivity contribution is -0.142. The molecule has 0 amide bonds. The molecule has 2 aliphatic rings. The van der Waals surface area contributed by atoms with Gasteiger partial charge in [-0.05, 0) is 24.6 Å². The molecule has 0 bridgehead atoms. The SMILES string of the molecule is CC#Cc1cc(N)cc(C2Cc3nc(OC)nc(N4CC(=O)OCC(C)C4)c3CO2)c1C(F)(F)F. The highest BCUT2D eigenvalue weighted by atomic mass is 19.4. The smallest absolute Gasteiger partial charge is 0.417 e. The Morgan fingerprint density at radius 3 is 2.74 bits per heavy atom. The number of hydrogen-bond acceptors (Lipinski definition) is 8. The second-order valence-electron chi connectivity index (χ2n) is 8.54. The number of aromatic nitrogens is 2. The average Bonchev–Trinajstić information content (AvgIpc) is 2.97. The molecular formula is C24H25F3N4O4. The van der Waals surface area contributed by atoms with Crippen molar-refractivity contribution in [2.24, 2.45) is 5.92 Å². The maximum atomic E-state index is 14.1. The minimum Gasteiger partial charge on any atom is -0.467 e. The van der Waals surface area contributed by atoms with Crippen LogP contribution < -0.4 is 15.4 Å². The number of fused-ring (bicyclic) bond motifs is 1. The molecule has 1 aromatic carbocycles. The number of rotatable bonds is 3. The van der Waals surface area contributed by atoms with Gasteiger partial charge in [0, 0.05) is 35.7 Å². The predicted molar refractivity (Wildman–Crippen MR) is 121 cm³/mol. The summed E-state index contributed by atoms with van der Waals surface area (Å²) in [5.74, 6) is 5.12. The van der Waals surface area contributed by atoms with Gasteiger partial charge in [0.1, 0.15) is 12.4 Å². The van der Waals surface area contributed by atoms with Gasteiger partial charge in [-0.25, -0.2) is 0 Å². The molecule has 2 aromatic rings. The summed E-state index contributed by atoms with van der Waals surface area (Å²) in [6.07, 6.45) is -5.61. The molecule has 11 heteroatoms. The first-order valence-corrected chi connectivity index (χ1v) is 11.0. The summed E-state index contributed by atoms with van der Waals surface area (Å²) in [7, 11) is 1.40. The zero-order valence-corrected chi connectivity index (χ0v) is 19.5. The third-order valence-corrected chi connectivity index (χ3v) is 5.80. The van der Waals surface area contributed by atoms with Crippen molar-refractivity contribution in [1.29, 1.82) is 0 Å². The molecular weight excluding hydrogens is 465 g/mol. The number of ether oxygens (including phenoxy) is 3. The number of anilines is 2. The first-order chi connectivity index (χ1) is 16.6. The maximum Gasteiger partial charge on any atom is 0.417 e. The minimum absolute atomic E-state index is 0.0210. The number of nitrogen functional groups attached to an aromatic ring is 1.